The van der Waals surface area contributed by atoms with E-state index in [4.69, 9.17) is 28.4 Å². The number of aryl methyl sites for hydroxylation is 1. The summed E-state index contributed by atoms with van der Waals surface area (Å²) < 4.78 is 38.3. The van der Waals surface area contributed by atoms with Crippen LogP contribution < -0.4 is 4.74 Å². The molecule has 64 heavy (non-hydrogen) atoms. The van der Waals surface area contributed by atoms with E-state index in [9.17, 15) is 19.6 Å². The average molecular weight is 871 g/mol. The normalized spacial score (nSPS) is 26.3. The Bertz CT molecular complexity index is 2400. The fraction of sp³-hybridized carbons (Fsp3) is 0.400. The van der Waals surface area contributed by atoms with E-state index >= 15 is 0 Å². The van der Waals surface area contributed by atoms with Crippen LogP contribution in [-0.2, 0) is 43.3 Å². The number of methoxy groups -OCH3 is 1. The fourth-order valence-electron chi connectivity index (χ4n) is 9.89. The Morgan fingerprint density at radius 1 is 0.844 bits per heavy atom. The van der Waals surface area contributed by atoms with Crippen LogP contribution in [0.15, 0.2) is 121 Å². The highest BCUT2D eigenvalue weighted by atomic mass is 16.7. The number of oxime groups is 1. The van der Waals surface area contributed by atoms with Crippen LogP contribution in [0.2, 0.25) is 0 Å². The van der Waals surface area contributed by atoms with E-state index in [1.165, 1.54) is 22.9 Å². The summed E-state index contributed by atoms with van der Waals surface area (Å²) >= 11 is 0. The van der Waals surface area contributed by atoms with E-state index < -0.39 is 48.6 Å². The molecule has 2 aliphatic carbocycles. The third-order valence-electron chi connectivity index (χ3n) is 13.0. The van der Waals surface area contributed by atoms with Crippen LogP contribution in [0.5, 0.6) is 5.75 Å². The number of rotatable bonds is 15. The van der Waals surface area contributed by atoms with Gasteiger partial charge in [-0.15, -0.1) is 10.3 Å². The summed E-state index contributed by atoms with van der Waals surface area (Å²) in [6, 6.07) is 31.4. The molecular formula is C50H54N4O10. The second-order valence-corrected chi connectivity index (χ2v) is 17.1. The second-order valence-electron chi connectivity index (χ2n) is 17.1. The molecule has 3 aliphatic rings. The Labute approximate surface area is 372 Å². The van der Waals surface area contributed by atoms with Gasteiger partial charge in [0.2, 0.25) is 0 Å². The zero-order chi connectivity index (χ0) is 44.6. The summed E-state index contributed by atoms with van der Waals surface area (Å²) in [5.41, 5.74) is 3.84. The van der Waals surface area contributed by atoms with Crippen molar-refractivity contribution in [1.29, 1.82) is 0 Å². The molecule has 1 aromatic heterocycles. The maximum absolute atomic E-state index is 13.8. The smallest absolute Gasteiger partial charge is 0.338 e. The Hall–Kier alpha value is -6.38. The predicted octanol–water partition coefficient (Wildman–Crippen LogP) is 8.23. The van der Waals surface area contributed by atoms with E-state index in [0.717, 1.165) is 44.3 Å². The molecular weight excluding hydrogens is 817 g/mol. The number of nitrogens with zero attached hydrogens (tertiary/aromatic N) is 4. The van der Waals surface area contributed by atoms with Gasteiger partial charge >= 0.3 is 17.9 Å². The molecule has 1 N–H and O–H groups in total. The summed E-state index contributed by atoms with van der Waals surface area (Å²) in [6.45, 7) is 4.58. The molecule has 8 rings (SSSR count). The van der Waals surface area contributed by atoms with Crippen LogP contribution >= 0.6 is 0 Å². The molecule has 1 saturated carbocycles. The highest BCUT2D eigenvalue weighted by Crippen LogP contribution is 2.55. The molecule has 334 valence electrons. The van der Waals surface area contributed by atoms with Crippen LogP contribution in [0.25, 0.3) is 0 Å². The fourth-order valence-corrected chi connectivity index (χ4v) is 9.89. The molecule has 5 aromatic rings. The first-order valence-corrected chi connectivity index (χ1v) is 22.0. The van der Waals surface area contributed by atoms with E-state index in [0.29, 0.717) is 23.4 Å². The van der Waals surface area contributed by atoms with Crippen molar-refractivity contribution in [2.75, 3.05) is 7.11 Å². The minimum Gasteiger partial charge on any atom is -0.487 e. The number of fused-ring (bicyclic) bond motifs is 3. The number of ether oxygens (including phenoxy) is 6. The predicted molar refractivity (Wildman–Crippen MR) is 234 cm³/mol. The summed E-state index contributed by atoms with van der Waals surface area (Å²) in [5, 5.41) is 21.7. The molecule has 0 radical (unpaired) electrons. The number of carbonyl (C=O) groups is 3. The molecule has 14 nitrogen and oxygen atoms in total. The molecule has 2 heterocycles. The van der Waals surface area contributed by atoms with E-state index in [1.807, 2.05) is 6.07 Å². The van der Waals surface area contributed by atoms with Gasteiger partial charge in [-0.2, -0.15) is 0 Å². The molecule has 14 heteroatoms. The Morgan fingerprint density at radius 3 is 2.05 bits per heavy atom. The standard InChI is InChI=1S/C50H54N4O10/c1-4-14-41-40-23-21-35-27-37(22-24-38(35)39(40)25-26-50(41,2)31-51-58)60-30-36-28-54(53-52-36)29-42-43(62-46(55)32-15-8-5-9-16-32)44(63-47(56)33-17-10-6-11-18-33)45(49(59-3)61-42)64-48(57)34-19-12-7-13-20-34/h5-13,15-20,22,24,27-28,31,39-45,49,58H,4,14,21,23,25-26,29-30H2,1-3H3/b51-31+/t39-,40-,41+,42-,43-,44+,45+,49+,50-/m1/s1. The van der Waals surface area contributed by atoms with Crippen LogP contribution in [0.1, 0.15) is 99.8 Å². The minimum atomic E-state index is -1.40. The SMILES string of the molecule is CCC[C@H]1[C@@H]2CCc3cc(OCc4cn(C[C@H]5O[C@H](OC)[C@@H](OC(=O)c6ccccc6)[C@@H](OC(=O)c6ccccc6)[C@@H]5OC(=O)c5ccccc5)nn4)ccc3[C@H]2CC[C@]1(C)/C=N/O. The number of aromatic nitrogens is 3. The van der Waals surface area contributed by atoms with Crippen molar-refractivity contribution in [3.05, 3.63) is 149 Å². The van der Waals surface area contributed by atoms with Gasteiger partial charge in [-0.25, -0.2) is 19.1 Å². The van der Waals surface area contributed by atoms with Gasteiger partial charge in [0.25, 0.3) is 0 Å². The number of carbonyl (C=O) groups excluding carboxylic acids is 3. The Kier molecular flexibility index (Phi) is 13.8. The van der Waals surface area contributed by atoms with Crippen molar-refractivity contribution >= 4 is 24.1 Å². The van der Waals surface area contributed by atoms with Crippen molar-refractivity contribution in [3.8, 4) is 5.75 Å². The number of esters is 3. The van der Waals surface area contributed by atoms with Gasteiger partial charge in [-0.1, -0.05) is 86.1 Å². The third-order valence-corrected chi connectivity index (χ3v) is 13.0. The van der Waals surface area contributed by atoms with Crippen molar-refractivity contribution in [2.45, 2.75) is 102 Å². The zero-order valence-electron chi connectivity index (χ0n) is 36.2. The lowest BCUT2D eigenvalue weighted by atomic mass is 9.54. The third kappa shape index (κ3) is 9.73. The first kappa shape index (κ1) is 44.2. The van der Waals surface area contributed by atoms with Crippen molar-refractivity contribution in [3.63, 3.8) is 0 Å². The lowest BCUT2D eigenvalue weighted by molar-refractivity contribution is -0.289. The number of hydrogen-bond donors (Lipinski definition) is 1. The summed E-state index contributed by atoms with van der Waals surface area (Å²) in [4.78, 5) is 41.1. The van der Waals surface area contributed by atoms with Crippen LogP contribution in [-0.4, -0.2) is 82.1 Å². The summed E-state index contributed by atoms with van der Waals surface area (Å²) in [7, 11) is 1.38. The van der Waals surface area contributed by atoms with Crippen LogP contribution in [0.4, 0.5) is 0 Å². The van der Waals surface area contributed by atoms with Gasteiger partial charge in [-0.05, 0) is 110 Å². The maximum Gasteiger partial charge on any atom is 0.338 e. The topological polar surface area (TPSA) is 170 Å². The molecule has 0 unspecified atom stereocenters. The molecule has 1 saturated heterocycles. The average Bonchev–Trinajstić information content (AvgIpc) is 3.78. The first-order valence-electron chi connectivity index (χ1n) is 22.0. The van der Waals surface area contributed by atoms with E-state index in [2.05, 4.69) is 41.4 Å². The number of benzene rings is 4. The first-order chi connectivity index (χ1) is 31.2. The molecule has 1 aliphatic heterocycles. The van der Waals surface area contributed by atoms with Crippen molar-refractivity contribution < 1.29 is 48.0 Å². The van der Waals surface area contributed by atoms with E-state index in [-0.39, 0.29) is 35.3 Å². The lowest BCUT2D eigenvalue weighted by Gasteiger charge is -2.50. The quantitative estimate of drug-likeness (QED) is 0.0352. The van der Waals surface area contributed by atoms with Gasteiger partial charge in [0.15, 0.2) is 24.6 Å². The molecule has 0 bridgehead atoms. The monoisotopic (exact) mass is 870 g/mol. The van der Waals surface area contributed by atoms with Gasteiger partial charge in [0, 0.05) is 18.7 Å². The minimum absolute atomic E-state index is 0.0258. The molecule has 4 aromatic carbocycles. The highest BCUT2D eigenvalue weighted by Gasteiger charge is 2.53. The van der Waals surface area contributed by atoms with Gasteiger partial charge in [-0.3, -0.25) is 0 Å². The Morgan fingerprint density at radius 2 is 1.45 bits per heavy atom. The van der Waals surface area contributed by atoms with Crippen molar-refractivity contribution in [1.82, 2.24) is 15.0 Å². The lowest BCUT2D eigenvalue weighted by Crippen LogP contribution is -2.62. The molecule has 0 spiro atoms. The molecule has 0 amide bonds. The van der Waals surface area contributed by atoms with Gasteiger partial charge in [0.05, 0.1) is 29.4 Å². The van der Waals surface area contributed by atoms with Crippen molar-refractivity contribution in [2.24, 2.45) is 22.4 Å². The van der Waals surface area contributed by atoms with E-state index in [1.54, 1.807) is 103 Å². The molecule has 9 atom stereocenters. The zero-order valence-corrected chi connectivity index (χ0v) is 36.2. The maximum atomic E-state index is 13.8. The number of hydrogen-bond acceptors (Lipinski definition) is 13. The summed E-state index contributed by atoms with van der Waals surface area (Å²) in [5.74, 6) is 0.00304. The van der Waals surface area contributed by atoms with Crippen LogP contribution in [0, 0.1) is 17.3 Å². The second kappa shape index (κ2) is 20.0. The largest absolute Gasteiger partial charge is 0.487 e. The highest BCUT2D eigenvalue weighted by molar-refractivity contribution is 5.91. The van der Waals surface area contributed by atoms with Gasteiger partial charge < -0.3 is 33.6 Å². The van der Waals surface area contributed by atoms with Crippen LogP contribution in [0.3, 0.4) is 0 Å². The Balaban J connectivity index is 1.02. The molecule has 2 fully saturated rings. The summed E-state index contributed by atoms with van der Waals surface area (Å²) in [6.07, 6.45) is 3.34. The van der Waals surface area contributed by atoms with Gasteiger partial charge in [0.1, 0.15) is 24.2 Å².